The van der Waals surface area contributed by atoms with E-state index in [1.54, 1.807) is 0 Å². The van der Waals surface area contributed by atoms with Crippen molar-refractivity contribution >= 4 is 5.91 Å². The molecule has 2 aliphatic rings. The number of benzene rings is 1. The van der Waals surface area contributed by atoms with Gasteiger partial charge in [0.2, 0.25) is 5.91 Å². The summed E-state index contributed by atoms with van der Waals surface area (Å²) in [6, 6.07) is 10.7. The van der Waals surface area contributed by atoms with Gasteiger partial charge in [-0.1, -0.05) is 37.3 Å². The fraction of sp³-hybridized carbons (Fsp3) is 0.611. The van der Waals surface area contributed by atoms with Crippen molar-refractivity contribution < 1.29 is 4.79 Å². The van der Waals surface area contributed by atoms with E-state index in [0.29, 0.717) is 12.5 Å². The number of piperazine rings is 1. The maximum Gasteiger partial charge on any atom is 0.236 e. The monoisotopic (exact) mass is 301 g/mol. The van der Waals surface area contributed by atoms with Crippen molar-refractivity contribution in [3.8, 4) is 0 Å². The van der Waals surface area contributed by atoms with Gasteiger partial charge in [0.25, 0.3) is 0 Å². The lowest BCUT2D eigenvalue weighted by molar-refractivity contribution is -0.132. The van der Waals surface area contributed by atoms with Crippen LogP contribution in [0.2, 0.25) is 0 Å². The molecule has 1 saturated carbocycles. The maximum absolute atomic E-state index is 12.4. The lowest BCUT2D eigenvalue weighted by atomic mass is 10.0. The van der Waals surface area contributed by atoms with E-state index in [1.165, 1.54) is 5.56 Å². The number of carbonyl (C=O) groups excluding carboxylic acids is 1. The van der Waals surface area contributed by atoms with Gasteiger partial charge in [0, 0.05) is 37.6 Å². The molecule has 2 fully saturated rings. The van der Waals surface area contributed by atoms with Gasteiger partial charge >= 0.3 is 0 Å². The number of rotatable bonds is 5. The third-order valence-electron chi connectivity index (χ3n) is 5.36. The van der Waals surface area contributed by atoms with Crippen molar-refractivity contribution in [3.63, 3.8) is 0 Å². The van der Waals surface area contributed by atoms with Crippen LogP contribution in [0.5, 0.6) is 0 Å². The van der Waals surface area contributed by atoms with Crippen LogP contribution in [0.1, 0.15) is 31.2 Å². The quantitative estimate of drug-likeness (QED) is 0.899. The van der Waals surface area contributed by atoms with E-state index in [1.807, 2.05) is 4.90 Å². The summed E-state index contributed by atoms with van der Waals surface area (Å²) in [6.07, 6.45) is 2.21. The molecule has 0 unspecified atom stereocenters. The SMILES string of the molecule is CC[C@@]1(NCC(=O)N2CCN(C)CC2)C[C@H]1c1ccccc1. The van der Waals surface area contributed by atoms with Crippen molar-refractivity contribution in [2.24, 2.45) is 0 Å². The second-order valence-corrected chi connectivity index (χ2v) is 6.71. The summed E-state index contributed by atoms with van der Waals surface area (Å²) < 4.78 is 0. The summed E-state index contributed by atoms with van der Waals surface area (Å²) in [6.45, 7) is 6.38. The third-order valence-corrected chi connectivity index (χ3v) is 5.36. The molecule has 0 aromatic heterocycles. The Hall–Kier alpha value is -1.39. The Morgan fingerprint density at radius 3 is 2.55 bits per heavy atom. The number of carbonyl (C=O) groups is 1. The van der Waals surface area contributed by atoms with Crippen molar-refractivity contribution in [3.05, 3.63) is 35.9 Å². The largest absolute Gasteiger partial charge is 0.339 e. The molecule has 0 spiro atoms. The lowest BCUT2D eigenvalue weighted by Crippen LogP contribution is -2.50. The normalized spacial score (nSPS) is 28.6. The number of nitrogens with zero attached hydrogens (tertiary/aromatic N) is 2. The molecule has 0 bridgehead atoms. The Bertz CT molecular complexity index is 510. The minimum atomic E-state index is 0.129. The molecule has 4 nitrogen and oxygen atoms in total. The first-order chi connectivity index (χ1) is 10.6. The van der Waals surface area contributed by atoms with Gasteiger partial charge in [0.05, 0.1) is 6.54 Å². The molecule has 1 aliphatic carbocycles. The number of hydrogen-bond acceptors (Lipinski definition) is 3. The van der Waals surface area contributed by atoms with Gasteiger partial charge in [-0.05, 0) is 25.5 Å². The van der Waals surface area contributed by atoms with Gasteiger partial charge in [-0.3, -0.25) is 4.79 Å². The highest BCUT2D eigenvalue weighted by Gasteiger charge is 2.53. The van der Waals surface area contributed by atoms with Crippen LogP contribution in [0.3, 0.4) is 0 Å². The number of likely N-dealkylation sites (N-methyl/N-ethyl adjacent to an activating group) is 1. The van der Waals surface area contributed by atoms with Crippen molar-refractivity contribution in [2.45, 2.75) is 31.2 Å². The van der Waals surface area contributed by atoms with Gasteiger partial charge < -0.3 is 15.1 Å². The first-order valence-electron chi connectivity index (χ1n) is 8.41. The van der Waals surface area contributed by atoms with Crippen LogP contribution in [0.15, 0.2) is 30.3 Å². The Kier molecular flexibility index (Phi) is 4.50. The van der Waals surface area contributed by atoms with Gasteiger partial charge in [-0.15, -0.1) is 0 Å². The van der Waals surface area contributed by atoms with E-state index in [0.717, 1.165) is 39.0 Å². The fourth-order valence-corrected chi connectivity index (χ4v) is 3.56. The van der Waals surface area contributed by atoms with Gasteiger partial charge in [0.15, 0.2) is 0 Å². The summed E-state index contributed by atoms with van der Waals surface area (Å²) in [5, 5.41) is 3.57. The van der Waals surface area contributed by atoms with Crippen LogP contribution in [0.4, 0.5) is 0 Å². The fourth-order valence-electron chi connectivity index (χ4n) is 3.56. The van der Waals surface area contributed by atoms with E-state index >= 15 is 0 Å². The summed E-state index contributed by atoms with van der Waals surface area (Å²) in [5.74, 6) is 0.804. The highest BCUT2D eigenvalue weighted by atomic mass is 16.2. The Labute approximate surface area is 133 Å². The summed E-state index contributed by atoms with van der Waals surface area (Å²) in [7, 11) is 2.11. The zero-order valence-corrected chi connectivity index (χ0v) is 13.7. The predicted molar refractivity (Wildman–Crippen MR) is 88.9 cm³/mol. The molecule has 1 aliphatic heterocycles. The smallest absolute Gasteiger partial charge is 0.236 e. The average Bonchev–Trinajstić information content (AvgIpc) is 3.29. The highest BCUT2D eigenvalue weighted by molar-refractivity contribution is 5.78. The average molecular weight is 301 g/mol. The van der Waals surface area contributed by atoms with Crippen LogP contribution in [0, 0.1) is 0 Å². The minimum absolute atomic E-state index is 0.129. The van der Waals surface area contributed by atoms with E-state index in [2.05, 4.69) is 54.5 Å². The number of nitrogens with one attached hydrogen (secondary N) is 1. The van der Waals surface area contributed by atoms with E-state index < -0.39 is 0 Å². The molecular weight excluding hydrogens is 274 g/mol. The summed E-state index contributed by atoms with van der Waals surface area (Å²) >= 11 is 0. The molecule has 1 aromatic rings. The molecule has 22 heavy (non-hydrogen) atoms. The highest BCUT2D eigenvalue weighted by Crippen LogP contribution is 2.53. The molecule has 1 saturated heterocycles. The molecular formula is C18H27N3O. The minimum Gasteiger partial charge on any atom is -0.339 e. The molecule has 1 amide bonds. The zero-order chi connectivity index (χ0) is 15.6. The number of hydrogen-bond donors (Lipinski definition) is 1. The Morgan fingerprint density at radius 2 is 1.91 bits per heavy atom. The first-order valence-corrected chi connectivity index (χ1v) is 8.41. The van der Waals surface area contributed by atoms with Gasteiger partial charge in [-0.2, -0.15) is 0 Å². The Balaban J connectivity index is 1.53. The number of amides is 1. The third kappa shape index (κ3) is 3.18. The summed E-state index contributed by atoms with van der Waals surface area (Å²) in [4.78, 5) is 16.7. The molecule has 120 valence electrons. The van der Waals surface area contributed by atoms with Crippen LogP contribution in [-0.4, -0.2) is 61.0 Å². The van der Waals surface area contributed by atoms with Crippen LogP contribution >= 0.6 is 0 Å². The van der Waals surface area contributed by atoms with Crippen molar-refractivity contribution in [1.82, 2.24) is 15.1 Å². The molecule has 1 N–H and O–H groups in total. The van der Waals surface area contributed by atoms with Crippen molar-refractivity contribution in [2.75, 3.05) is 39.8 Å². The molecule has 2 atom stereocenters. The second-order valence-electron chi connectivity index (χ2n) is 6.71. The molecule has 1 heterocycles. The van der Waals surface area contributed by atoms with Crippen LogP contribution in [-0.2, 0) is 4.79 Å². The standard InChI is InChI=1S/C18H27N3O/c1-3-18(13-16(18)15-7-5-4-6-8-15)19-14-17(22)21-11-9-20(2)10-12-21/h4-8,16,19H,3,9-14H2,1-2H3/t16-,18+/m0/s1. The second kappa shape index (κ2) is 6.39. The van der Waals surface area contributed by atoms with Crippen LogP contribution < -0.4 is 5.32 Å². The van der Waals surface area contributed by atoms with Gasteiger partial charge in [-0.25, -0.2) is 0 Å². The molecule has 1 aromatic carbocycles. The van der Waals surface area contributed by atoms with Crippen LogP contribution in [0.25, 0.3) is 0 Å². The molecule has 4 heteroatoms. The Morgan fingerprint density at radius 1 is 1.23 bits per heavy atom. The maximum atomic E-state index is 12.4. The van der Waals surface area contributed by atoms with Gasteiger partial charge in [0.1, 0.15) is 0 Å². The zero-order valence-electron chi connectivity index (χ0n) is 13.7. The predicted octanol–water partition coefficient (Wildman–Crippen LogP) is 1.69. The molecule has 0 radical (unpaired) electrons. The molecule has 3 rings (SSSR count). The van der Waals surface area contributed by atoms with E-state index in [9.17, 15) is 4.79 Å². The van der Waals surface area contributed by atoms with E-state index in [4.69, 9.17) is 0 Å². The topological polar surface area (TPSA) is 35.6 Å². The lowest BCUT2D eigenvalue weighted by Gasteiger charge is -2.33. The summed E-state index contributed by atoms with van der Waals surface area (Å²) in [5.41, 5.74) is 1.52. The first kappa shape index (κ1) is 15.5. The van der Waals surface area contributed by atoms with E-state index in [-0.39, 0.29) is 11.4 Å². The van der Waals surface area contributed by atoms with Crippen molar-refractivity contribution in [1.29, 1.82) is 0 Å².